The fraction of sp³-hybridized carbons (Fsp3) is 0.556. The van der Waals surface area contributed by atoms with E-state index in [0.717, 1.165) is 25.2 Å². The number of rotatable bonds is 2. The van der Waals surface area contributed by atoms with Gasteiger partial charge in [0, 0.05) is 11.8 Å². The lowest BCUT2D eigenvalue weighted by molar-refractivity contribution is 0.570. The van der Waals surface area contributed by atoms with E-state index >= 15 is 0 Å². The maximum Gasteiger partial charge on any atom is 0.250 e. The quantitative estimate of drug-likeness (QED) is 0.667. The van der Waals surface area contributed by atoms with E-state index in [9.17, 15) is 4.79 Å². The zero-order valence-electron chi connectivity index (χ0n) is 7.42. The molecule has 0 aromatic carbocycles. The Kier molecular flexibility index (Phi) is 2.40. The first-order valence-electron chi connectivity index (χ1n) is 4.59. The predicted octanol–water partition coefficient (Wildman–Crippen LogP) is -0.0781. The number of hydrogen-bond donors (Lipinski definition) is 2. The highest BCUT2D eigenvalue weighted by atomic mass is 16.1. The van der Waals surface area contributed by atoms with Crippen molar-refractivity contribution in [1.82, 2.24) is 15.3 Å². The van der Waals surface area contributed by atoms with Crippen molar-refractivity contribution in [1.29, 1.82) is 0 Å². The molecule has 0 saturated carbocycles. The van der Waals surface area contributed by atoms with Crippen molar-refractivity contribution < 1.29 is 0 Å². The van der Waals surface area contributed by atoms with Crippen molar-refractivity contribution in [3.05, 3.63) is 28.4 Å². The highest BCUT2D eigenvalue weighted by Crippen LogP contribution is 2.11. The summed E-state index contributed by atoms with van der Waals surface area (Å²) in [7, 11) is 0. The molecule has 1 aromatic heterocycles. The van der Waals surface area contributed by atoms with Crippen LogP contribution in [0.3, 0.4) is 0 Å². The van der Waals surface area contributed by atoms with Gasteiger partial charge in [0.15, 0.2) is 0 Å². The molecule has 1 atom stereocenters. The first-order chi connectivity index (χ1) is 6.34. The summed E-state index contributed by atoms with van der Waals surface area (Å²) in [6.45, 7) is 2.14. The Morgan fingerprint density at radius 3 is 3.23 bits per heavy atom. The van der Waals surface area contributed by atoms with Gasteiger partial charge in [0.25, 0.3) is 5.56 Å². The fourth-order valence-corrected chi connectivity index (χ4v) is 1.71. The number of aromatic amines is 1. The molecule has 2 N–H and O–H groups in total. The van der Waals surface area contributed by atoms with Crippen LogP contribution in [0.25, 0.3) is 0 Å². The largest absolute Gasteiger partial charge is 0.316 e. The summed E-state index contributed by atoms with van der Waals surface area (Å²) in [4.78, 5) is 17.6. The fourth-order valence-electron chi connectivity index (χ4n) is 1.71. The summed E-state index contributed by atoms with van der Waals surface area (Å²) in [5.74, 6) is 0.647. The van der Waals surface area contributed by atoms with E-state index in [1.54, 1.807) is 6.07 Å². The summed E-state index contributed by atoms with van der Waals surface area (Å²) < 4.78 is 0. The van der Waals surface area contributed by atoms with Gasteiger partial charge < -0.3 is 10.3 Å². The minimum absolute atomic E-state index is 0.0593. The topological polar surface area (TPSA) is 57.8 Å². The highest BCUT2D eigenvalue weighted by molar-refractivity contribution is 5.00. The monoisotopic (exact) mass is 179 g/mol. The molecule has 0 amide bonds. The molecule has 0 radical (unpaired) electrons. The second-order valence-electron chi connectivity index (χ2n) is 3.47. The third-order valence-electron chi connectivity index (χ3n) is 2.40. The summed E-state index contributed by atoms with van der Waals surface area (Å²) >= 11 is 0. The molecule has 1 aromatic rings. The summed E-state index contributed by atoms with van der Waals surface area (Å²) in [6, 6.07) is 1.58. The van der Waals surface area contributed by atoms with Gasteiger partial charge in [-0.3, -0.25) is 4.79 Å². The van der Waals surface area contributed by atoms with Crippen LogP contribution in [0, 0.1) is 5.92 Å². The Hall–Kier alpha value is -1.16. The van der Waals surface area contributed by atoms with Crippen LogP contribution in [0.4, 0.5) is 0 Å². The summed E-state index contributed by atoms with van der Waals surface area (Å²) in [6.07, 6.45) is 3.57. The zero-order chi connectivity index (χ0) is 9.10. The van der Waals surface area contributed by atoms with Crippen LogP contribution in [0.1, 0.15) is 12.1 Å². The number of H-pyrrole nitrogens is 1. The molecule has 4 nitrogen and oxygen atoms in total. The van der Waals surface area contributed by atoms with Gasteiger partial charge in [0.2, 0.25) is 0 Å². The SMILES string of the molecule is O=c1cc(CC2CCNC2)nc[nH]1. The second-order valence-corrected chi connectivity index (χ2v) is 3.47. The van der Waals surface area contributed by atoms with Crippen molar-refractivity contribution in [3.63, 3.8) is 0 Å². The van der Waals surface area contributed by atoms with Crippen LogP contribution in [0.2, 0.25) is 0 Å². The van der Waals surface area contributed by atoms with Gasteiger partial charge in [0.1, 0.15) is 0 Å². The first kappa shape index (κ1) is 8.44. The minimum Gasteiger partial charge on any atom is -0.316 e. The van der Waals surface area contributed by atoms with Crippen molar-refractivity contribution in [3.8, 4) is 0 Å². The Labute approximate surface area is 76.4 Å². The number of aromatic nitrogens is 2. The van der Waals surface area contributed by atoms with E-state index in [1.807, 2.05) is 0 Å². The molecule has 1 unspecified atom stereocenters. The lowest BCUT2D eigenvalue weighted by Gasteiger charge is -2.05. The maximum atomic E-state index is 11.0. The van der Waals surface area contributed by atoms with Gasteiger partial charge in [-0.15, -0.1) is 0 Å². The molecule has 70 valence electrons. The molecule has 1 aliphatic heterocycles. The molecule has 0 spiro atoms. The lowest BCUT2D eigenvalue weighted by Crippen LogP contribution is -2.13. The molecule has 4 heteroatoms. The van der Waals surface area contributed by atoms with E-state index in [1.165, 1.54) is 12.7 Å². The minimum atomic E-state index is -0.0593. The summed E-state index contributed by atoms with van der Waals surface area (Å²) in [5.41, 5.74) is 0.841. The van der Waals surface area contributed by atoms with Gasteiger partial charge in [-0.2, -0.15) is 0 Å². The zero-order valence-corrected chi connectivity index (χ0v) is 7.42. The molecule has 1 aliphatic rings. The van der Waals surface area contributed by atoms with Gasteiger partial charge in [-0.25, -0.2) is 4.98 Å². The van der Waals surface area contributed by atoms with Crippen LogP contribution in [0.15, 0.2) is 17.2 Å². The van der Waals surface area contributed by atoms with Crippen LogP contribution in [-0.4, -0.2) is 23.1 Å². The first-order valence-corrected chi connectivity index (χ1v) is 4.59. The molecule has 0 aliphatic carbocycles. The standard InChI is InChI=1S/C9H13N3O/c13-9-4-8(11-6-12-9)3-7-1-2-10-5-7/h4,6-7,10H,1-3,5H2,(H,11,12,13). The van der Waals surface area contributed by atoms with E-state index < -0.39 is 0 Å². The van der Waals surface area contributed by atoms with Crippen molar-refractivity contribution in [2.24, 2.45) is 5.92 Å². The van der Waals surface area contributed by atoms with Crippen molar-refractivity contribution >= 4 is 0 Å². The maximum absolute atomic E-state index is 11.0. The summed E-state index contributed by atoms with van der Waals surface area (Å²) in [5, 5.41) is 3.29. The van der Waals surface area contributed by atoms with Gasteiger partial charge >= 0.3 is 0 Å². The third kappa shape index (κ3) is 2.15. The van der Waals surface area contributed by atoms with E-state index in [-0.39, 0.29) is 5.56 Å². The number of hydrogen-bond acceptors (Lipinski definition) is 3. The molecule has 0 bridgehead atoms. The Morgan fingerprint density at radius 1 is 1.62 bits per heavy atom. The Balaban J connectivity index is 2.04. The smallest absolute Gasteiger partial charge is 0.250 e. The van der Waals surface area contributed by atoms with Crippen LogP contribution < -0.4 is 10.9 Å². The Bertz CT molecular complexity index is 328. The van der Waals surface area contributed by atoms with Gasteiger partial charge in [-0.05, 0) is 31.8 Å². The Morgan fingerprint density at radius 2 is 2.54 bits per heavy atom. The highest BCUT2D eigenvalue weighted by Gasteiger charge is 2.15. The second kappa shape index (κ2) is 3.70. The molecule has 2 rings (SSSR count). The normalized spacial score (nSPS) is 22.0. The van der Waals surface area contributed by atoms with E-state index in [2.05, 4.69) is 15.3 Å². The third-order valence-corrected chi connectivity index (χ3v) is 2.40. The molecular weight excluding hydrogens is 166 g/mol. The average molecular weight is 179 g/mol. The van der Waals surface area contributed by atoms with Crippen LogP contribution in [0.5, 0.6) is 0 Å². The van der Waals surface area contributed by atoms with Crippen molar-refractivity contribution in [2.45, 2.75) is 12.8 Å². The van der Waals surface area contributed by atoms with Gasteiger partial charge in [-0.1, -0.05) is 0 Å². The molecule has 1 fully saturated rings. The predicted molar refractivity (Wildman–Crippen MR) is 49.5 cm³/mol. The molecular formula is C9H13N3O. The molecule has 1 saturated heterocycles. The number of nitrogens with one attached hydrogen (secondary N) is 2. The van der Waals surface area contributed by atoms with E-state index in [0.29, 0.717) is 5.92 Å². The molecule has 13 heavy (non-hydrogen) atoms. The van der Waals surface area contributed by atoms with Gasteiger partial charge in [0.05, 0.1) is 6.33 Å². The van der Waals surface area contributed by atoms with Crippen LogP contribution >= 0.6 is 0 Å². The van der Waals surface area contributed by atoms with E-state index in [4.69, 9.17) is 0 Å². The number of nitrogens with zero attached hydrogens (tertiary/aromatic N) is 1. The van der Waals surface area contributed by atoms with Crippen molar-refractivity contribution in [2.75, 3.05) is 13.1 Å². The average Bonchev–Trinajstić information content (AvgIpc) is 2.57. The lowest BCUT2D eigenvalue weighted by atomic mass is 10.0. The van der Waals surface area contributed by atoms with Crippen LogP contribution in [-0.2, 0) is 6.42 Å². The molecule has 2 heterocycles.